The maximum atomic E-state index is 12.4. The number of nitro benzene ring substituents is 1. The highest BCUT2D eigenvalue weighted by Crippen LogP contribution is 2.20. The van der Waals surface area contributed by atoms with E-state index in [9.17, 15) is 34.1 Å². The van der Waals surface area contributed by atoms with Crippen LogP contribution in [0, 0.1) is 16.0 Å². The fourth-order valence-electron chi connectivity index (χ4n) is 3.11. The fourth-order valence-corrected chi connectivity index (χ4v) is 3.33. The Morgan fingerprint density at radius 1 is 1.03 bits per heavy atom. The summed E-state index contributed by atoms with van der Waals surface area (Å²) in [5, 5.41) is 12.1. The molecule has 1 fully saturated rings. The van der Waals surface area contributed by atoms with Crippen molar-refractivity contribution in [3.05, 3.63) is 74.8 Å². The zero-order chi connectivity index (χ0) is 25.5. The molecule has 0 unspecified atom stereocenters. The summed E-state index contributed by atoms with van der Waals surface area (Å²) in [7, 11) is 0. The third kappa shape index (κ3) is 6.29. The smallest absolute Gasteiger partial charge is 0.311 e. The normalized spacial score (nSPS) is 14.7. The lowest BCUT2D eigenvalue weighted by Gasteiger charge is -2.17. The number of nitro groups is 1. The number of amides is 4. The molecule has 13 nitrogen and oxygen atoms in total. The molecule has 1 aliphatic rings. The van der Waals surface area contributed by atoms with Gasteiger partial charge in [0.25, 0.3) is 23.4 Å². The average Bonchev–Trinajstić information content (AvgIpc) is 3.21. The molecule has 3 rings (SSSR count). The molecule has 0 aliphatic carbocycles. The summed E-state index contributed by atoms with van der Waals surface area (Å²) in [4.78, 5) is 71.1. The standard InChI is InChI=1S/C21H18ClN5O8/c22-15-7-3-1-5-13(15)19(30)24-23-17(28)11-35-21(32)12-9-18(29)26(10-12)25-20(31)14-6-2-4-8-16(14)27(33)34/h1-8,12H,9-11H2,(H,23,28)(H,24,30)(H,25,31)/t12-/m0/s1. The summed E-state index contributed by atoms with van der Waals surface area (Å²) in [5.74, 6) is -4.90. The predicted molar refractivity (Wildman–Crippen MR) is 118 cm³/mol. The number of halogens is 1. The fraction of sp³-hybridized carbons (Fsp3) is 0.190. The van der Waals surface area contributed by atoms with Crippen molar-refractivity contribution in [3.8, 4) is 0 Å². The number of benzene rings is 2. The van der Waals surface area contributed by atoms with E-state index >= 15 is 0 Å². The number of carbonyl (C=O) groups excluding carboxylic acids is 5. The molecule has 182 valence electrons. The number of hydrogen-bond donors (Lipinski definition) is 3. The second-order valence-corrected chi connectivity index (χ2v) is 7.62. The maximum Gasteiger partial charge on any atom is 0.311 e. The molecule has 0 aromatic heterocycles. The van der Waals surface area contributed by atoms with Crippen molar-refractivity contribution in [3.63, 3.8) is 0 Å². The molecule has 35 heavy (non-hydrogen) atoms. The summed E-state index contributed by atoms with van der Waals surface area (Å²) in [5.41, 5.74) is 5.85. The third-order valence-electron chi connectivity index (χ3n) is 4.82. The van der Waals surface area contributed by atoms with Crippen LogP contribution in [0.5, 0.6) is 0 Å². The summed E-state index contributed by atoms with van der Waals surface area (Å²) >= 11 is 5.89. The molecule has 0 saturated carbocycles. The van der Waals surface area contributed by atoms with Crippen LogP contribution in [0.1, 0.15) is 27.1 Å². The number of hydrogen-bond acceptors (Lipinski definition) is 8. The largest absolute Gasteiger partial charge is 0.455 e. The molecule has 0 spiro atoms. The first-order valence-corrected chi connectivity index (χ1v) is 10.4. The SMILES string of the molecule is O=C(COC(=O)[C@H]1CC(=O)N(NC(=O)c2ccccc2[N+](=O)[O-])C1)NNC(=O)c1ccccc1Cl. The van der Waals surface area contributed by atoms with Crippen LogP contribution in [0.4, 0.5) is 5.69 Å². The molecule has 1 atom stereocenters. The van der Waals surface area contributed by atoms with E-state index in [-0.39, 0.29) is 29.1 Å². The number of rotatable bonds is 7. The monoisotopic (exact) mass is 503 g/mol. The first-order chi connectivity index (χ1) is 16.7. The van der Waals surface area contributed by atoms with Gasteiger partial charge in [-0.15, -0.1) is 0 Å². The molecule has 1 heterocycles. The van der Waals surface area contributed by atoms with Crippen molar-refractivity contribution in [1.82, 2.24) is 21.3 Å². The van der Waals surface area contributed by atoms with Gasteiger partial charge in [0, 0.05) is 12.5 Å². The molecular formula is C21H18ClN5O8. The van der Waals surface area contributed by atoms with Gasteiger partial charge in [-0.2, -0.15) is 0 Å². The van der Waals surface area contributed by atoms with E-state index in [0.29, 0.717) is 0 Å². The van der Waals surface area contributed by atoms with Crippen LogP contribution in [-0.2, 0) is 19.1 Å². The van der Waals surface area contributed by atoms with Gasteiger partial charge in [-0.1, -0.05) is 35.9 Å². The minimum Gasteiger partial charge on any atom is -0.455 e. The van der Waals surface area contributed by atoms with Crippen molar-refractivity contribution >= 4 is 46.9 Å². The van der Waals surface area contributed by atoms with Gasteiger partial charge in [0.05, 0.1) is 28.0 Å². The van der Waals surface area contributed by atoms with Crippen LogP contribution in [0.15, 0.2) is 48.5 Å². The molecule has 14 heteroatoms. The number of ether oxygens (including phenoxy) is 1. The number of nitrogens with one attached hydrogen (secondary N) is 3. The van der Waals surface area contributed by atoms with E-state index < -0.39 is 52.7 Å². The number of hydrazine groups is 2. The number of nitrogens with zero attached hydrogens (tertiary/aromatic N) is 2. The lowest BCUT2D eigenvalue weighted by molar-refractivity contribution is -0.385. The highest BCUT2D eigenvalue weighted by Gasteiger charge is 2.37. The van der Waals surface area contributed by atoms with Gasteiger partial charge in [0.1, 0.15) is 5.56 Å². The summed E-state index contributed by atoms with van der Waals surface area (Å²) in [6.45, 7) is -0.996. The Bertz CT molecular complexity index is 1200. The second kappa shape index (κ2) is 11.1. The molecule has 4 amide bonds. The van der Waals surface area contributed by atoms with Gasteiger partial charge in [0.15, 0.2) is 6.61 Å². The maximum absolute atomic E-state index is 12.4. The summed E-state index contributed by atoms with van der Waals surface area (Å²) in [6.07, 6.45) is -0.305. The number of carbonyl (C=O) groups is 5. The van der Waals surface area contributed by atoms with Crippen LogP contribution in [0.25, 0.3) is 0 Å². The zero-order valence-electron chi connectivity index (χ0n) is 17.9. The van der Waals surface area contributed by atoms with E-state index in [1.807, 2.05) is 0 Å². The van der Waals surface area contributed by atoms with Crippen molar-refractivity contribution in [2.24, 2.45) is 5.92 Å². The quantitative estimate of drug-likeness (QED) is 0.281. The second-order valence-electron chi connectivity index (χ2n) is 7.21. The van der Waals surface area contributed by atoms with Gasteiger partial charge in [-0.3, -0.25) is 55.4 Å². The Hall–Kier alpha value is -4.52. The van der Waals surface area contributed by atoms with Crippen LogP contribution in [0.3, 0.4) is 0 Å². The molecule has 0 bridgehead atoms. The van der Waals surface area contributed by atoms with Gasteiger partial charge >= 0.3 is 5.97 Å². The third-order valence-corrected chi connectivity index (χ3v) is 5.15. The van der Waals surface area contributed by atoms with Crippen LogP contribution < -0.4 is 16.3 Å². The number of para-hydroxylation sites is 1. The van der Waals surface area contributed by atoms with E-state index in [1.165, 1.54) is 30.3 Å². The Labute approximate surface area is 202 Å². The summed E-state index contributed by atoms with van der Waals surface area (Å²) < 4.78 is 4.88. The van der Waals surface area contributed by atoms with Gasteiger partial charge in [0.2, 0.25) is 5.91 Å². The minimum absolute atomic E-state index is 0.124. The number of esters is 1. The minimum atomic E-state index is -0.987. The average molecular weight is 504 g/mol. The molecule has 1 aliphatic heterocycles. The molecule has 2 aromatic rings. The Morgan fingerprint density at radius 3 is 2.37 bits per heavy atom. The van der Waals surface area contributed by atoms with Gasteiger partial charge in [-0.25, -0.2) is 0 Å². The van der Waals surface area contributed by atoms with Crippen LogP contribution in [-0.4, -0.2) is 52.7 Å². The highest BCUT2D eigenvalue weighted by atomic mass is 35.5. The van der Waals surface area contributed by atoms with Crippen molar-refractivity contribution in [2.45, 2.75) is 6.42 Å². The van der Waals surface area contributed by atoms with Crippen LogP contribution >= 0.6 is 11.6 Å². The molecule has 0 radical (unpaired) electrons. The van der Waals surface area contributed by atoms with Crippen molar-refractivity contribution < 1.29 is 33.6 Å². The van der Waals surface area contributed by atoms with E-state index in [4.69, 9.17) is 16.3 Å². The first-order valence-electron chi connectivity index (χ1n) is 10.0. The lowest BCUT2D eigenvalue weighted by atomic mass is 10.1. The van der Waals surface area contributed by atoms with Gasteiger partial charge in [-0.05, 0) is 18.2 Å². The van der Waals surface area contributed by atoms with E-state index in [2.05, 4.69) is 16.3 Å². The molecule has 1 saturated heterocycles. The molecule has 3 N–H and O–H groups in total. The van der Waals surface area contributed by atoms with Crippen molar-refractivity contribution in [2.75, 3.05) is 13.2 Å². The first kappa shape index (κ1) is 25.1. The lowest BCUT2D eigenvalue weighted by Crippen LogP contribution is -2.44. The Balaban J connectivity index is 1.47. The molecule has 2 aromatic carbocycles. The van der Waals surface area contributed by atoms with E-state index in [1.54, 1.807) is 12.1 Å². The predicted octanol–water partition coefficient (Wildman–Crippen LogP) is 0.746. The highest BCUT2D eigenvalue weighted by molar-refractivity contribution is 6.33. The van der Waals surface area contributed by atoms with E-state index in [0.717, 1.165) is 11.1 Å². The molecular weight excluding hydrogens is 486 g/mol. The Kier molecular flexibility index (Phi) is 7.94. The van der Waals surface area contributed by atoms with Crippen molar-refractivity contribution in [1.29, 1.82) is 0 Å². The summed E-state index contributed by atoms with van der Waals surface area (Å²) in [6, 6.07) is 11.3. The zero-order valence-corrected chi connectivity index (χ0v) is 18.6. The van der Waals surface area contributed by atoms with Crippen LogP contribution in [0.2, 0.25) is 5.02 Å². The van der Waals surface area contributed by atoms with Gasteiger partial charge < -0.3 is 4.74 Å². The topological polar surface area (TPSA) is 177 Å². The Morgan fingerprint density at radius 2 is 1.69 bits per heavy atom.